The van der Waals surface area contributed by atoms with Crippen LogP contribution in [0.25, 0.3) is 17.1 Å². The van der Waals surface area contributed by atoms with Crippen molar-refractivity contribution in [3.63, 3.8) is 0 Å². The van der Waals surface area contributed by atoms with Gasteiger partial charge in [-0.2, -0.15) is 4.68 Å². The maximum absolute atomic E-state index is 12.0. The molecule has 0 bridgehead atoms. The van der Waals surface area contributed by atoms with Crippen LogP contribution in [0.5, 0.6) is 0 Å². The molecule has 0 aliphatic carbocycles. The molecule has 3 rings (SSSR count). The topological polar surface area (TPSA) is 50.7 Å². The van der Waals surface area contributed by atoms with Crippen LogP contribution in [0, 0.1) is 0 Å². The standard InChI is InChI=1S/C14H10BrN3O/c15-11-8-4-5-9-12(11)18-14(19)16-13(17-18)10-6-2-1-3-7-10/h1-9H,(H,16,17,19). The van der Waals surface area contributed by atoms with Crippen LogP contribution in [0.1, 0.15) is 0 Å². The van der Waals surface area contributed by atoms with Crippen LogP contribution >= 0.6 is 15.9 Å². The Hall–Kier alpha value is -2.14. The summed E-state index contributed by atoms with van der Waals surface area (Å²) in [6.45, 7) is 0. The van der Waals surface area contributed by atoms with Crippen molar-refractivity contribution in [1.29, 1.82) is 0 Å². The third-order valence-electron chi connectivity index (χ3n) is 2.75. The van der Waals surface area contributed by atoms with Crippen LogP contribution in [-0.4, -0.2) is 14.8 Å². The predicted octanol–water partition coefficient (Wildman–Crippen LogP) is 2.99. The second-order valence-electron chi connectivity index (χ2n) is 4.01. The van der Waals surface area contributed by atoms with Crippen molar-refractivity contribution in [2.45, 2.75) is 0 Å². The van der Waals surface area contributed by atoms with E-state index in [9.17, 15) is 4.79 Å². The quantitative estimate of drug-likeness (QED) is 0.790. The fraction of sp³-hybridized carbons (Fsp3) is 0. The number of nitrogens with one attached hydrogen (secondary N) is 1. The molecule has 0 spiro atoms. The molecule has 0 unspecified atom stereocenters. The largest absolute Gasteiger partial charge is 0.348 e. The van der Waals surface area contributed by atoms with E-state index in [2.05, 4.69) is 26.0 Å². The van der Waals surface area contributed by atoms with Crippen LogP contribution in [0.4, 0.5) is 0 Å². The Labute approximate surface area is 117 Å². The molecule has 4 nitrogen and oxygen atoms in total. The first-order valence-corrected chi connectivity index (χ1v) is 6.54. The summed E-state index contributed by atoms with van der Waals surface area (Å²) < 4.78 is 2.18. The number of benzene rings is 2. The molecule has 2 aromatic carbocycles. The van der Waals surface area contributed by atoms with Crippen LogP contribution < -0.4 is 5.69 Å². The van der Waals surface area contributed by atoms with E-state index < -0.39 is 0 Å². The molecule has 0 aliphatic heterocycles. The predicted molar refractivity (Wildman–Crippen MR) is 77.3 cm³/mol. The van der Waals surface area contributed by atoms with Crippen molar-refractivity contribution in [3.05, 3.63) is 69.6 Å². The number of hydrogen-bond donors (Lipinski definition) is 1. The van der Waals surface area contributed by atoms with Gasteiger partial charge >= 0.3 is 5.69 Å². The number of aromatic nitrogens is 3. The first-order chi connectivity index (χ1) is 9.25. The van der Waals surface area contributed by atoms with Crippen molar-refractivity contribution >= 4 is 15.9 Å². The Balaban J connectivity index is 2.14. The molecule has 0 saturated heterocycles. The summed E-state index contributed by atoms with van der Waals surface area (Å²) in [6, 6.07) is 17.0. The molecule has 0 radical (unpaired) electrons. The van der Waals surface area contributed by atoms with Crippen molar-refractivity contribution < 1.29 is 0 Å². The molecule has 0 fully saturated rings. The van der Waals surface area contributed by atoms with Crippen LogP contribution in [0.2, 0.25) is 0 Å². The summed E-state index contributed by atoms with van der Waals surface area (Å²) in [6.07, 6.45) is 0. The smallest absolute Gasteiger partial charge is 0.288 e. The highest BCUT2D eigenvalue weighted by atomic mass is 79.9. The monoisotopic (exact) mass is 315 g/mol. The number of aromatic amines is 1. The lowest BCUT2D eigenvalue weighted by Crippen LogP contribution is -2.16. The van der Waals surface area contributed by atoms with Gasteiger partial charge < -0.3 is 0 Å². The van der Waals surface area contributed by atoms with Gasteiger partial charge in [-0.1, -0.05) is 42.5 Å². The van der Waals surface area contributed by atoms with Gasteiger partial charge in [0.15, 0.2) is 5.82 Å². The van der Waals surface area contributed by atoms with E-state index >= 15 is 0 Å². The Morgan fingerprint density at radius 1 is 1.00 bits per heavy atom. The van der Waals surface area contributed by atoms with Gasteiger partial charge in [0.25, 0.3) is 0 Å². The Morgan fingerprint density at radius 3 is 2.42 bits per heavy atom. The first kappa shape index (κ1) is 11.9. The van der Waals surface area contributed by atoms with Crippen molar-refractivity contribution in [2.24, 2.45) is 0 Å². The van der Waals surface area contributed by atoms with Gasteiger partial charge in [0.1, 0.15) is 0 Å². The Bertz CT molecular complexity index is 762. The summed E-state index contributed by atoms with van der Waals surface area (Å²) in [5, 5.41) is 4.33. The molecule has 1 N–H and O–H groups in total. The molecular formula is C14H10BrN3O. The van der Waals surface area contributed by atoms with E-state index in [1.807, 2.05) is 54.6 Å². The van der Waals surface area contributed by atoms with Gasteiger partial charge in [0.2, 0.25) is 0 Å². The highest BCUT2D eigenvalue weighted by Crippen LogP contribution is 2.19. The van der Waals surface area contributed by atoms with Gasteiger partial charge in [0.05, 0.1) is 5.69 Å². The molecule has 0 amide bonds. The number of nitrogens with zero attached hydrogens (tertiary/aromatic N) is 2. The normalized spacial score (nSPS) is 10.6. The molecule has 1 heterocycles. The molecular weight excluding hydrogens is 306 g/mol. The minimum Gasteiger partial charge on any atom is -0.288 e. The molecule has 1 aromatic heterocycles. The van der Waals surface area contributed by atoms with Gasteiger partial charge in [-0.05, 0) is 28.1 Å². The highest BCUT2D eigenvalue weighted by Gasteiger charge is 2.10. The third-order valence-corrected chi connectivity index (χ3v) is 3.42. The van der Waals surface area contributed by atoms with E-state index in [1.165, 1.54) is 4.68 Å². The van der Waals surface area contributed by atoms with E-state index in [1.54, 1.807) is 0 Å². The van der Waals surface area contributed by atoms with Crippen molar-refractivity contribution in [1.82, 2.24) is 14.8 Å². The maximum atomic E-state index is 12.0. The number of H-pyrrole nitrogens is 1. The molecule has 5 heteroatoms. The van der Waals surface area contributed by atoms with Gasteiger partial charge in [-0.15, -0.1) is 5.10 Å². The molecule has 19 heavy (non-hydrogen) atoms. The Morgan fingerprint density at radius 2 is 1.68 bits per heavy atom. The zero-order valence-corrected chi connectivity index (χ0v) is 11.5. The zero-order chi connectivity index (χ0) is 13.2. The summed E-state index contributed by atoms with van der Waals surface area (Å²) in [5.74, 6) is 0.557. The van der Waals surface area contributed by atoms with Crippen LogP contribution in [0.15, 0.2) is 63.9 Å². The van der Waals surface area contributed by atoms with Gasteiger partial charge in [-0.25, -0.2) is 4.79 Å². The van der Waals surface area contributed by atoms with Crippen LogP contribution in [-0.2, 0) is 0 Å². The van der Waals surface area contributed by atoms with Gasteiger partial charge in [0, 0.05) is 10.0 Å². The zero-order valence-electron chi connectivity index (χ0n) is 9.88. The summed E-state index contributed by atoms with van der Waals surface area (Å²) >= 11 is 3.42. The lowest BCUT2D eigenvalue weighted by Gasteiger charge is -2.01. The maximum Gasteiger partial charge on any atom is 0.348 e. The SMILES string of the molecule is O=c1[nH]c(-c2ccccc2)nn1-c1ccccc1Br. The third kappa shape index (κ3) is 2.24. The molecule has 94 valence electrons. The second kappa shape index (κ2) is 4.85. The lowest BCUT2D eigenvalue weighted by atomic mass is 10.2. The van der Waals surface area contributed by atoms with E-state index in [4.69, 9.17) is 0 Å². The molecule has 0 saturated carbocycles. The lowest BCUT2D eigenvalue weighted by molar-refractivity contribution is 0.841. The van der Waals surface area contributed by atoms with Crippen molar-refractivity contribution in [2.75, 3.05) is 0 Å². The average molecular weight is 316 g/mol. The van der Waals surface area contributed by atoms with Gasteiger partial charge in [-0.3, -0.25) is 4.98 Å². The fourth-order valence-electron chi connectivity index (χ4n) is 1.84. The second-order valence-corrected chi connectivity index (χ2v) is 4.86. The fourth-order valence-corrected chi connectivity index (χ4v) is 2.29. The number of rotatable bonds is 2. The van der Waals surface area contributed by atoms with Crippen LogP contribution in [0.3, 0.4) is 0 Å². The summed E-state index contributed by atoms with van der Waals surface area (Å²) in [4.78, 5) is 14.8. The summed E-state index contributed by atoms with van der Waals surface area (Å²) in [5.41, 5.74) is 1.34. The summed E-state index contributed by atoms with van der Waals surface area (Å²) in [7, 11) is 0. The molecule has 0 atom stereocenters. The minimum atomic E-state index is -0.259. The van der Waals surface area contributed by atoms with E-state index in [-0.39, 0.29) is 5.69 Å². The number of para-hydroxylation sites is 1. The average Bonchev–Trinajstić information content (AvgIpc) is 2.82. The molecule has 3 aromatic rings. The Kier molecular flexibility index (Phi) is 3.05. The number of halogens is 1. The minimum absolute atomic E-state index is 0.259. The highest BCUT2D eigenvalue weighted by molar-refractivity contribution is 9.10. The first-order valence-electron chi connectivity index (χ1n) is 5.75. The van der Waals surface area contributed by atoms with Crippen molar-refractivity contribution in [3.8, 4) is 17.1 Å². The number of hydrogen-bond acceptors (Lipinski definition) is 2. The van der Waals surface area contributed by atoms with E-state index in [0.717, 1.165) is 10.0 Å². The molecule has 0 aliphatic rings. The van der Waals surface area contributed by atoms with E-state index in [0.29, 0.717) is 11.5 Å².